The van der Waals surface area contributed by atoms with Crippen molar-refractivity contribution >= 4 is 16.0 Å². The summed E-state index contributed by atoms with van der Waals surface area (Å²) in [5, 5.41) is 9.06. The molecule has 1 rings (SSSR count). The summed E-state index contributed by atoms with van der Waals surface area (Å²) in [4.78, 5) is 11.1. The smallest absolute Gasteiger partial charge is 0.321 e. The number of carbonyl (C=O) groups is 1. The van der Waals surface area contributed by atoms with E-state index in [9.17, 15) is 13.2 Å². The molecule has 21 heavy (non-hydrogen) atoms. The van der Waals surface area contributed by atoms with Crippen LogP contribution in [-0.2, 0) is 19.6 Å². The maximum atomic E-state index is 12.1. The molecule has 2 N–H and O–H groups in total. The first-order valence-electron chi connectivity index (χ1n) is 6.57. The predicted octanol–water partition coefficient (Wildman–Crippen LogP) is 1.40. The van der Waals surface area contributed by atoms with Crippen LogP contribution in [-0.4, -0.2) is 38.4 Å². The molecule has 2 atom stereocenters. The van der Waals surface area contributed by atoms with Crippen LogP contribution >= 0.6 is 0 Å². The fraction of sp³-hybridized carbons (Fsp3) is 0.500. The molecule has 0 saturated heterocycles. The Bertz CT molecular complexity index is 556. The van der Waals surface area contributed by atoms with E-state index < -0.39 is 28.1 Å². The first-order chi connectivity index (χ1) is 9.76. The fourth-order valence-electron chi connectivity index (χ4n) is 1.88. The van der Waals surface area contributed by atoms with E-state index in [0.29, 0.717) is 0 Å². The van der Waals surface area contributed by atoms with Gasteiger partial charge in [-0.15, -0.1) is 0 Å². The summed E-state index contributed by atoms with van der Waals surface area (Å²) in [5.41, 5.74) is 0.724. The maximum absolute atomic E-state index is 12.1. The zero-order valence-corrected chi connectivity index (χ0v) is 13.1. The molecule has 0 bridgehead atoms. The van der Waals surface area contributed by atoms with Gasteiger partial charge in [0.05, 0.1) is 11.9 Å². The monoisotopic (exact) mass is 315 g/mol. The highest BCUT2D eigenvalue weighted by atomic mass is 32.2. The van der Waals surface area contributed by atoms with Gasteiger partial charge >= 0.3 is 5.97 Å². The highest BCUT2D eigenvalue weighted by Gasteiger charge is 2.29. The summed E-state index contributed by atoms with van der Waals surface area (Å²) >= 11 is 0. The van der Waals surface area contributed by atoms with Gasteiger partial charge in [0.1, 0.15) is 6.04 Å². The molecule has 1 aromatic carbocycles. The predicted molar refractivity (Wildman–Crippen MR) is 79.4 cm³/mol. The Balaban J connectivity index is 2.85. The van der Waals surface area contributed by atoms with Gasteiger partial charge < -0.3 is 9.84 Å². The second-order valence-electron chi connectivity index (χ2n) is 5.09. The van der Waals surface area contributed by atoms with Crippen molar-refractivity contribution in [3.05, 3.63) is 35.9 Å². The molecule has 0 aliphatic heterocycles. The Morgan fingerprint density at radius 2 is 1.86 bits per heavy atom. The molecular formula is C14H21NO5S. The van der Waals surface area contributed by atoms with E-state index in [4.69, 9.17) is 9.84 Å². The first-order valence-corrected chi connectivity index (χ1v) is 8.22. The van der Waals surface area contributed by atoms with Crippen LogP contribution in [0.1, 0.15) is 25.5 Å². The first kappa shape index (κ1) is 17.6. The minimum atomic E-state index is -3.79. The van der Waals surface area contributed by atoms with E-state index in [0.717, 1.165) is 5.56 Å². The summed E-state index contributed by atoms with van der Waals surface area (Å²) in [7, 11) is -2.37. The molecule has 1 unspecified atom stereocenters. The summed E-state index contributed by atoms with van der Waals surface area (Å²) in [5.74, 6) is -1.87. The molecule has 0 aromatic heterocycles. The molecule has 0 radical (unpaired) electrons. The molecule has 6 nitrogen and oxygen atoms in total. The number of rotatable bonds is 8. The summed E-state index contributed by atoms with van der Waals surface area (Å²) < 4.78 is 31.7. The number of carboxylic acids is 1. The van der Waals surface area contributed by atoms with Crippen molar-refractivity contribution in [2.45, 2.75) is 26.0 Å². The molecule has 0 aliphatic rings. The van der Waals surface area contributed by atoms with Gasteiger partial charge in [-0.1, -0.05) is 44.2 Å². The molecule has 0 heterocycles. The molecule has 0 saturated carbocycles. The van der Waals surface area contributed by atoms with Crippen LogP contribution in [0.15, 0.2) is 30.3 Å². The van der Waals surface area contributed by atoms with E-state index in [1.165, 1.54) is 7.11 Å². The zero-order chi connectivity index (χ0) is 16.0. The largest absolute Gasteiger partial charge is 0.480 e. The number of benzene rings is 1. The number of hydrogen-bond donors (Lipinski definition) is 2. The third-order valence-corrected chi connectivity index (χ3v) is 4.42. The Morgan fingerprint density at radius 1 is 1.29 bits per heavy atom. The molecule has 0 aliphatic carbocycles. The molecule has 0 amide bonds. The van der Waals surface area contributed by atoms with E-state index in [1.807, 2.05) is 6.07 Å². The number of carboxylic acid groups (broad SMARTS) is 1. The van der Waals surface area contributed by atoms with Crippen molar-refractivity contribution in [2.75, 3.05) is 12.9 Å². The standard InChI is InChI=1S/C14H21NO5S/c1-10(2)13(14(16)17)15-21(18,19)9-12(20-3)11-7-5-4-6-8-11/h4-8,10,12-13,15H,9H2,1-3H3,(H,16,17)/t12?,13-/m0/s1. The lowest BCUT2D eigenvalue weighted by Gasteiger charge is -2.21. The number of methoxy groups -OCH3 is 1. The summed E-state index contributed by atoms with van der Waals surface area (Å²) in [6.07, 6.45) is -0.648. The lowest BCUT2D eigenvalue weighted by atomic mass is 10.1. The normalized spacial score (nSPS) is 14.9. The van der Waals surface area contributed by atoms with Crippen molar-refractivity contribution in [3.8, 4) is 0 Å². The van der Waals surface area contributed by atoms with E-state index in [-0.39, 0.29) is 11.7 Å². The lowest BCUT2D eigenvalue weighted by molar-refractivity contribution is -0.140. The minimum absolute atomic E-state index is 0.329. The molecule has 118 valence electrons. The van der Waals surface area contributed by atoms with Crippen LogP contribution < -0.4 is 4.72 Å². The van der Waals surface area contributed by atoms with Gasteiger partial charge in [0.15, 0.2) is 0 Å². The van der Waals surface area contributed by atoms with Gasteiger partial charge in [-0.2, -0.15) is 0 Å². The lowest BCUT2D eigenvalue weighted by Crippen LogP contribution is -2.45. The van der Waals surface area contributed by atoms with E-state index >= 15 is 0 Å². The van der Waals surface area contributed by atoms with Gasteiger partial charge in [0, 0.05) is 7.11 Å². The number of hydrogen-bond acceptors (Lipinski definition) is 4. The Labute approximate surface area is 125 Å². The van der Waals surface area contributed by atoms with Crippen LogP contribution in [0, 0.1) is 5.92 Å². The quantitative estimate of drug-likeness (QED) is 0.756. The Kier molecular flexibility index (Phi) is 6.32. The van der Waals surface area contributed by atoms with Gasteiger partial charge in [-0.25, -0.2) is 13.1 Å². The van der Waals surface area contributed by atoms with Gasteiger partial charge in [-0.05, 0) is 11.5 Å². The van der Waals surface area contributed by atoms with Gasteiger partial charge in [-0.3, -0.25) is 4.79 Å². The number of sulfonamides is 1. The van der Waals surface area contributed by atoms with Crippen molar-refractivity contribution in [1.82, 2.24) is 4.72 Å². The average Bonchev–Trinajstić information content (AvgIpc) is 2.42. The van der Waals surface area contributed by atoms with Crippen molar-refractivity contribution in [1.29, 1.82) is 0 Å². The minimum Gasteiger partial charge on any atom is -0.480 e. The van der Waals surface area contributed by atoms with Crippen LogP contribution in [0.4, 0.5) is 0 Å². The maximum Gasteiger partial charge on any atom is 0.321 e. The Hall–Kier alpha value is -1.44. The SMILES string of the molecule is COC(CS(=O)(=O)N[C@H](C(=O)O)C(C)C)c1ccccc1. The highest BCUT2D eigenvalue weighted by molar-refractivity contribution is 7.89. The molecule has 0 spiro atoms. The molecule has 1 aromatic rings. The second kappa shape index (κ2) is 7.53. The van der Waals surface area contributed by atoms with E-state index in [2.05, 4.69) is 4.72 Å². The third kappa shape index (κ3) is 5.45. The third-order valence-electron chi connectivity index (χ3n) is 3.07. The zero-order valence-electron chi connectivity index (χ0n) is 12.3. The Morgan fingerprint density at radius 3 is 2.29 bits per heavy atom. The summed E-state index contributed by atoms with van der Waals surface area (Å²) in [6.45, 7) is 3.29. The van der Waals surface area contributed by atoms with Gasteiger partial charge in [0.25, 0.3) is 0 Å². The van der Waals surface area contributed by atoms with E-state index in [1.54, 1.807) is 38.1 Å². The van der Waals surface area contributed by atoms with Crippen LogP contribution in [0.25, 0.3) is 0 Å². The molecule has 0 fully saturated rings. The number of ether oxygens (including phenoxy) is 1. The fourth-order valence-corrected chi connectivity index (χ4v) is 3.46. The van der Waals surface area contributed by atoms with Gasteiger partial charge in [0.2, 0.25) is 10.0 Å². The second-order valence-corrected chi connectivity index (χ2v) is 6.89. The van der Waals surface area contributed by atoms with Crippen LogP contribution in [0.5, 0.6) is 0 Å². The topological polar surface area (TPSA) is 92.7 Å². The molecule has 7 heteroatoms. The summed E-state index contributed by atoms with van der Waals surface area (Å²) in [6, 6.07) is 7.78. The molecular weight excluding hydrogens is 294 g/mol. The van der Waals surface area contributed by atoms with Crippen LogP contribution in [0.3, 0.4) is 0 Å². The van der Waals surface area contributed by atoms with Crippen molar-refractivity contribution in [3.63, 3.8) is 0 Å². The highest BCUT2D eigenvalue weighted by Crippen LogP contribution is 2.18. The average molecular weight is 315 g/mol. The number of aliphatic carboxylic acids is 1. The number of nitrogens with one attached hydrogen (secondary N) is 1. The van der Waals surface area contributed by atoms with Crippen molar-refractivity contribution in [2.24, 2.45) is 5.92 Å². The van der Waals surface area contributed by atoms with Crippen molar-refractivity contribution < 1.29 is 23.1 Å². The van der Waals surface area contributed by atoms with Crippen LogP contribution in [0.2, 0.25) is 0 Å².